The average Bonchev–Trinajstić information content (AvgIpc) is 3.04. The van der Waals surface area contributed by atoms with Crippen LogP contribution in [0, 0.1) is 0 Å². The summed E-state index contributed by atoms with van der Waals surface area (Å²) in [5.74, 6) is 0.643. The minimum atomic E-state index is -4.15. The van der Waals surface area contributed by atoms with Crippen molar-refractivity contribution in [2.24, 2.45) is 4.99 Å². The van der Waals surface area contributed by atoms with E-state index in [1.807, 2.05) is 25.1 Å². The maximum absolute atomic E-state index is 12.6. The van der Waals surface area contributed by atoms with Gasteiger partial charge in [-0.25, -0.2) is 4.99 Å². The summed E-state index contributed by atoms with van der Waals surface area (Å²) in [5.41, 5.74) is 1.12. The molecule has 1 aliphatic rings. The van der Waals surface area contributed by atoms with Gasteiger partial charge in [0.15, 0.2) is 5.96 Å². The fourth-order valence-electron chi connectivity index (χ4n) is 3.46. The number of halogens is 3. The van der Waals surface area contributed by atoms with Crippen molar-refractivity contribution >= 4 is 16.7 Å². The fourth-order valence-corrected chi connectivity index (χ4v) is 3.46. The second kappa shape index (κ2) is 8.61. The van der Waals surface area contributed by atoms with Crippen LogP contribution in [0.5, 0.6) is 0 Å². The Kier molecular flexibility index (Phi) is 6.21. The Balaban J connectivity index is 1.65. The molecule has 2 aromatic rings. The Hall–Kier alpha value is -2.28. The van der Waals surface area contributed by atoms with Gasteiger partial charge in [-0.3, -0.25) is 4.90 Å². The summed E-state index contributed by atoms with van der Waals surface area (Å²) < 4.78 is 37.7. The normalized spacial score (nSPS) is 18.8. The molecule has 0 aromatic heterocycles. The van der Waals surface area contributed by atoms with Crippen LogP contribution in [-0.2, 0) is 6.54 Å². The van der Waals surface area contributed by atoms with E-state index in [0.717, 1.165) is 10.9 Å². The van der Waals surface area contributed by atoms with E-state index >= 15 is 0 Å². The number of hydrogen-bond donors (Lipinski definition) is 2. The smallest absolute Gasteiger partial charge is 0.357 e. The maximum atomic E-state index is 12.6. The highest BCUT2D eigenvalue weighted by molar-refractivity contribution is 5.86. The van der Waals surface area contributed by atoms with Crippen molar-refractivity contribution in [3.05, 3.63) is 48.0 Å². The fraction of sp³-hybridized carbons (Fsp3) is 0.450. The van der Waals surface area contributed by atoms with Crippen molar-refractivity contribution in [1.29, 1.82) is 0 Å². The molecule has 1 heterocycles. The van der Waals surface area contributed by atoms with Crippen molar-refractivity contribution in [2.45, 2.75) is 32.1 Å². The standard InChI is InChI=1S/C20H25F3N4/c1-2-24-19(26-17-10-11-27(13-17)14-20(21,22)23)25-12-16-8-5-7-15-6-3-4-9-18(15)16/h3-9,17H,2,10-14H2,1H3,(H2,24,25,26). The van der Waals surface area contributed by atoms with E-state index < -0.39 is 12.7 Å². The first-order chi connectivity index (χ1) is 12.9. The van der Waals surface area contributed by atoms with Crippen molar-refractivity contribution in [3.63, 3.8) is 0 Å². The van der Waals surface area contributed by atoms with E-state index in [4.69, 9.17) is 0 Å². The predicted molar refractivity (Wildman–Crippen MR) is 103 cm³/mol. The van der Waals surface area contributed by atoms with Crippen molar-refractivity contribution in [3.8, 4) is 0 Å². The molecule has 0 saturated carbocycles. The molecule has 2 aromatic carbocycles. The zero-order valence-corrected chi connectivity index (χ0v) is 15.4. The molecule has 4 nitrogen and oxygen atoms in total. The summed E-state index contributed by atoms with van der Waals surface area (Å²) in [6, 6.07) is 14.3. The first-order valence-electron chi connectivity index (χ1n) is 9.25. The number of nitrogens with one attached hydrogen (secondary N) is 2. The summed E-state index contributed by atoms with van der Waals surface area (Å²) in [5, 5.41) is 8.80. The molecule has 1 atom stereocenters. The van der Waals surface area contributed by atoms with E-state index in [1.165, 1.54) is 10.3 Å². The van der Waals surface area contributed by atoms with Crippen LogP contribution in [0.25, 0.3) is 10.8 Å². The van der Waals surface area contributed by atoms with Crippen molar-refractivity contribution in [2.75, 3.05) is 26.2 Å². The zero-order valence-electron chi connectivity index (χ0n) is 15.4. The summed E-state index contributed by atoms with van der Waals surface area (Å²) >= 11 is 0. The lowest BCUT2D eigenvalue weighted by Crippen LogP contribution is -2.45. The summed E-state index contributed by atoms with van der Waals surface area (Å²) in [4.78, 5) is 6.09. The average molecular weight is 378 g/mol. The van der Waals surface area contributed by atoms with Gasteiger partial charge in [0.25, 0.3) is 0 Å². The molecule has 0 aliphatic carbocycles. The topological polar surface area (TPSA) is 39.7 Å². The largest absolute Gasteiger partial charge is 0.401 e. The summed E-state index contributed by atoms with van der Waals surface area (Å²) in [6.07, 6.45) is -3.48. The second-order valence-corrected chi connectivity index (χ2v) is 6.81. The molecule has 0 radical (unpaired) electrons. The molecule has 1 fully saturated rings. The van der Waals surface area contributed by atoms with Crippen LogP contribution in [0.2, 0.25) is 0 Å². The third-order valence-corrected chi connectivity index (χ3v) is 4.65. The Morgan fingerprint density at radius 1 is 1.19 bits per heavy atom. The number of alkyl halides is 3. The van der Waals surface area contributed by atoms with Gasteiger partial charge in [0.2, 0.25) is 0 Å². The summed E-state index contributed by atoms with van der Waals surface area (Å²) in [6.45, 7) is 3.14. The van der Waals surface area contributed by atoms with E-state index in [-0.39, 0.29) is 6.04 Å². The van der Waals surface area contributed by atoms with Crippen molar-refractivity contribution in [1.82, 2.24) is 15.5 Å². The first-order valence-corrected chi connectivity index (χ1v) is 9.25. The number of benzene rings is 2. The highest BCUT2D eigenvalue weighted by Crippen LogP contribution is 2.21. The number of nitrogens with zero attached hydrogens (tertiary/aromatic N) is 2. The molecule has 7 heteroatoms. The van der Waals surface area contributed by atoms with Crippen LogP contribution in [0.3, 0.4) is 0 Å². The van der Waals surface area contributed by atoms with Crippen LogP contribution < -0.4 is 10.6 Å². The summed E-state index contributed by atoms with van der Waals surface area (Å²) in [7, 11) is 0. The van der Waals surface area contributed by atoms with Crippen molar-refractivity contribution < 1.29 is 13.2 Å². The monoisotopic (exact) mass is 378 g/mol. The van der Waals surface area contributed by atoms with E-state index in [0.29, 0.717) is 38.6 Å². The molecule has 0 spiro atoms. The van der Waals surface area contributed by atoms with Crippen LogP contribution in [0.15, 0.2) is 47.5 Å². The molecule has 1 aliphatic heterocycles. The molecule has 1 saturated heterocycles. The number of fused-ring (bicyclic) bond motifs is 1. The lowest BCUT2D eigenvalue weighted by atomic mass is 10.1. The van der Waals surface area contributed by atoms with Gasteiger partial charge < -0.3 is 10.6 Å². The van der Waals surface area contributed by atoms with Gasteiger partial charge in [-0.05, 0) is 29.7 Å². The molecule has 0 amide bonds. The van der Waals surface area contributed by atoms with E-state index in [9.17, 15) is 13.2 Å². The van der Waals surface area contributed by atoms with Gasteiger partial charge in [-0.1, -0.05) is 42.5 Å². The molecule has 27 heavy (non-hydrogen) atoms. The Morgan fingerprint density at radius 2 is 1.96 bits per heavy atom. The number of guanidine groups is 1. The van der Waals surface area contributed by atoms with Gasteiger partial charge in [-0.15, -0.1) is 0 Å². The highest BCUT2D eigenvalue weighted by Gasteiger charge is 2.34. The Labute approximate surface area is 157 Å². The Bertz CT molecular complexity index is 783. The lowest BCUT2D eigenvalue weighted by Gasteiger charge is -2.19. The Morgan fingerprint density at radius 3 is 2.74 bits per heavy atom. The van der Waals surface area contributed by atoms with Gasteiger partial charge in [-0.2, -0.15) is 13.2 Å². The van der Waals surface area contributed by atoms with Crippen LogP contribution in [0.1, 0.15) is 18.9 Å². The molecule has 2 N–H and O–H groups in total. The van der Waals surface area contributed by atoms with Crippen LogP contribution in [0.4, 0.5) is 13.2 Å². The molecule has 146 valence electrons. The first kappa shape index (κ1) is 19.5. The SMILES string of the molecule is CCNC(=NCc1cccc2ccccc12)NC1CCN(CC(F)(F)F)C1. The van der Waals surface area contributed by atoms with Gasteiger partial charge in [0, 0.05) is 25.7 Å². The quantitative estimate of drug-likeness (QED) is 0.618. The van der Waals surface area contributed by atoms with Gasteiger partial charge in [0.05, 0.1) is 13.1 Å². The number of rotatable bonds is 5. The van der Waals surface area contributed by atoms with Gasteiger partial charge in [0.1, 0.15) is 0 Å². The van der Waals surface area contributed by atoms with Gasteiger partial charge >= 0.3 is 6.18 Å². The zero-order chi connectivity index (χ0) is 19.3. The number of aliphatic imine (C=N–C) groups is 1. The van der Waals surface area contributed by atoms with E-state index in [1.54, 1.807) is 0 Å². The molecule has 1 unspecified atom stereocenters. The van der Waals surface area contributed by atoms with Crippen LogP contribution in [-0.4, -0.2) is 49.3 Å². The van der Waals surface area contributed by atoms with Crippen LogP contribution >= 0.6 is 0 Å². The maximum Gasteiger partial charge on any atom is 0.401 e. The predicted octanol–water partition coefficient (Wildman–Crippen LogP) is 3.53. The molecule has 0 bridgehead atoms. The molecule has 3 rings (SSSR count). The number of likely N-dealkylation sites (tertiary alicyclic amines) is 1. The molecular formula is C20H25F3N4. The third-order valence-electron chi connectivity index (χ3n) is 4.65. The van der Waals surface area contributed by atoms with E-state index in [2.05, 4.69) is 39.9 Å². The lowest BCUT2D eigenvalue weighted by molar-refractivity contribution is -0.143. The highest BCUT2D eigenvalue weighted by atomic mass is 19.4. The minimum Gasteiger partial charge on any atom is -0.357 e. The third kappa shape index (κ3) is 5.60. The minimum absolute atomic E-state index is 0.0299. The number of hydrogen-bond acceptors (Lipinski definition) is 2. The second-order valence-electron chi connectivity index (χ2n) is 6.81. The molecular weight excluding hydrogens is 353 g/mol.